The van der Waals surface area contributed by atoms with Crippen molar-refractivity contribution in [3.63, 3.8) is 0 Å². The van der Waals surface area contributed by atoms with Gasteiger partial charge in [-0.3, -0.25) is 4.79 Å². The summed E-state index contributed by atoms with van der Waals surface area (Å²) in [5, 5.41) is 15.7. The van der Waals surface area contributed by atoms with Crippen LogP contribution in [0.3, 0.4) is 0 Å². The van der Waals surface area contributed by atoms with E-state index in [4.69, 9.17) is 0 Å². The number of hydrogen-bond acceptors (Lipinski definition) is 6. The Morgan fingerprint density at radius 2 is 1.96 bits per heavy atom. The van der Waals surface area contributed by atoms with Crippen molar-refractivity contribution in [2.75, 3.05) is 29.4 Å². The summed E-state index contributed by atoms with van der Waals surface area (Å²) < 4.78 is 14.9. The zero-order valence-electron chi connectivity index (χ0n) is 15.3. The standard InChI is InChI=1S/C19H20FN7O/c20-15-3-4-16-14(12-15)2-1-9-26(16)19(28)13-7-10-25(11-8-13)18-6-5-17-21-23-24-27(17)22-18/h3-6,12-13H,1-2,7-11H2. The molecule has 1 amide bonds. The van der Waals surface area contributed by atoms with Gasteiger partial charge in [0.1, 0.15) is 5.82 Å². The summed E-state index contributed by atoms with van der Waals surface area (Å²) in [4.78, 5) is 17.2. The van der Waals surface area contributed by atoms with Gasteiger partial charge in [-0.1, -0.05) is 0 Å². The maximum atomic E-state index is 13.5. The molecule has 1 saturated heterocycles. The molecule has 28 heavy (non-hydrogen) atoms. The Balaban J connectivity index is 1.29. The van der Waals surface area contributed by atoms with Gasteiger partial charge in [-0.2, -0.15) is 0 Å². The van der Waals surface area contributed by atoms with Crippen LogP contribution in [-0.2, 0) is 11.2 Å². The van der Waals surface area contributed by atoms with Gasteiger partial charge in [0.25, 0.3) is 0 Å². The van der Waals surface area contributed by atoms with Crippen molar-refractivity contribution >= 4 is 23.1 Å². The number of rotatable bonds is 2. The van der Waals surface area contributed by atoms with Crippen molar-refractivity contribution in [2.24, 2.45) is 5.92 Å². The van der Waals surface area contributed by atoms with Crippen LogP contribution in [0.4, 0.5) is 15.9 Å². The van der Waals surface area contributed by atoms with Crippen molar-refractivity contribution in [2.45, 2.75) is 25.7 Å². The van der Waals surface area contributed by atoms with Crippen molar-refractivity contribution in [1.82, 2.24) is 25.3 Å². The third kappa shape index (κ3) is 2.96. The number of aryl methyl sites for hydroxylation is 1. The number of tetrazole rings is 1. The fourth-order valence-corrected chi connectivity index (χ4v) is 4.18. The maximum absolute atomic E-state index is 13.5. The van der Waals surface area contributed by atoms with Crippen LogP contribution in [-0.4, -0.2) is 50.8 Å². The number of benzene rings is 1. The largest absolute Gasteiger partial charge is 0.355 e. The third-order valence-electron chi connectivity index (χ3n) is 5.65. The molecule has 2 aliphatic heterocycles. The van der Waals surface area contributed by atoms with Gasteiger partial charge in [0.05, 0.1) is 0 Å². The number of piperidine rings is 1. The Kier molecular flexibility index (Phi) is 4.14. The Morgan fingerprint density at radius 3 is 2.82 bits per heavy atom. The first-order valence-electron chi connectivity index (χ1n) is 9.59. The van der Waals surface area contributed by atoms with Crippen LogP contribution in [0.25, 0.3) is 5.65 Å². The van der Waals surface area contributed by atoms with Gasteiger partial charge in [0.2, 0.25) is 5.91 Å². The molecule has 2 aromatic heterocycles. The molecule has 5 rings (SSSR count). The zero-order valence-corrected chi connectivity index (χ0v) is 15.3. The molecular weight excluding hydrogens is 361 g/mol. The summed E-state index contributed by atoms with van der Waals surface area (Å²) in [6.45, 7) is 2.21. The number of nitrogens with zero attached hydrogens (tertiary/aromatic N) is 7. The highest BCUT2D eigenvalue weighted by Gasteiger charge is 2.32. The second-order valence-corrected chi connectivity index (χ2v) is 7.35. The Labute approximate surface area is 160 Å². The van der Waals surface area contributed by atoms with Gasteiger partial charge in [-0.25, -0.2) is 4.39 Å². The topological polar surface area (TPSA) is 79.5 Å². The van der Waals surface area contributed by atoms with Gasteiger partial charge in [-0.15, -0.1) is 14.8 Å². The highest BCUT2D eigenvalue weighted by Crippen LogP contribution is 2.31. The maximum Gasteiger partial charge on any atom is 0.230 e. The number of carbonyl (C=O) groups is 1. The van der Waals surface area contributed by atoms with Gasteiger partial charge in [-0.05, 0) is 72.0 Å². The molecule has 3 aromatic rings. The van der Waals surface area contributed by atoms with Crippen LogP contribution in [0, 0.1) is 11.7 Å². The highest BCUT2D eigenvalue weighted by atomic mass is 19.1. The van der Waals surface area contributed by atoms with Crippen molar-refractivity contribution in [1.29, 1.82) is 0 Å². The van der Waals surface area contributed by atoms with Gasteiger partial charge in [0.15, 0.2) is 11.5 Å². The number of hydrogen-bond donors (Lipinski definition) is 0. The number of amides is 1. The minimum absolute atomic E-state index is 0.0241. The van der Waals surface area contributed by atoms with E-state index in [-0.39, 0.29) is 17.6 Å². The average molecular weight is 381 g/mol. The van der Waals surface area contributed by atoms with Crippen molar-refractivity contribution in [3.05, 3.63) is 41.7 Å². The van der Waals surface area contributed by atoms with Crippen LogP contribution in [0.5, 0.6) is 0 Å². The Hall–Kier alpha value is -3.10. The summed E-state index contributed by atoms with van der Waals surface area (Å²) in [6, 6.07) is 8.47. The summed E-state index contributed by atoms with van der Waals surface area (Å²) in [6.07, 6.45) is 3.22. The lowest BCUT2D eigenvalue weighted by Gasteiger charge is -2.36. The lowest BCUT2D eigenvalue weighted by molar-refractivity contribution is -0.123. The second kappa shape index (κ2) is 6.81. The molecule has 144 valence electrons. The molecule has 0 atom stereocenters. The van der Waals surface area contributed by atoms with E-state index in [9.17, 15) is 9.18 Å². The Bertz CT molecular complexity index is 1030. The second-order valence-electron chi connectivity index (χ2n) is 7.35. The number of halogens is 1. The monoisotopic (exact) mass is 381 g/mol. The highest BCUT2D eigenvalue weighted by molar-refractivity contribution is 5.96. The number of anilines is 2. The van der Waals surface area contributed by atoms with E-state index in [0.29, 0.717) is 12.2 Å². The van der Waals surface area contributed by atoms with E-state index in [2.05, 4.69) is 25.5 Å². The van der Waals surface area contributed by atoms with Crippen LogP contribution in [0.15, 0.2) is 30.3 Å². The molecule has 4 heterocycles. The fourth-order valence-electron chi connectivity index (χ4n) is 4.18. The minimum Gasteiger partial charge on any atom is -0.355 e. The predicted molar refractivity (Wildman–Crippen MR) is 101 cm³/mol. The van der Waals surface area contributed by atoms with Crippen molar-refractivity contribution in [3.8, 4) is 0 Å². The quantitative estimate of drug-likeness (QED) is 0.674. The molecule has 1 aromatic carbocycles. The summed E-state index contributed by atoms with van der Waals surface area (Å²) in [5.74, 6) is 0.693. The van der Waals surface area contributed by atoms with Crippen LogP contribution in [0.2, 0.25) is 0 Å². The van der Waals surface area contributed by atoms with E-state index in [1.807, 2.05) is 17.0 Å². The molecule has 0 aliphatic carbocycles. The number of aromatic nitrogens is 5. The zero-order chi connectivity index (χ0) is 19.1. The normalized spacial score (nSPS) is 17.8. The smallest absolute Gasteiger partial charge is 0.230 e. The van der Waals surface area contributed by atoms with Crippen LogP contribution < -0.4 is 9.80 Å². The SMILES string of the molecule is O=C(C1CCN(c2ccc3nnnn3n2)CC1)N1CCCc2cc(F)ccc21. The molecular formula is C19H20FN7O. The first-order chi connectivity index (χ1) is 13.7. The summed E-state index contributed by atoms with van der Waals surface area (Å²) in [5.41, 5.74) is 2.40. The fraction of sp³-hybridized carbons (Fsp3) is 0.421. The van der Waals surface area contributed by atoms with Gasteiger partial charge >= 0.3 is 0 Å². The first kappa shape index (κ1) is 17.0. The van der Waals surface area contributed by atoms with Gasteiger partial charge in [0, 0.05) is 31.2 Å². The minimum atomic E-state index is -0.242. The average Bonchev–Trinajstić information content (AvgIpc) is 3.20. The summed E-state index contributed by atoms with van der Waals surface area (Å²) >= 11 is 0. The van der Waals surface area contributed by atoms with E-state index in [1.54, 1.807) is 12.1 Å². The molecule has 0 saturated carbocycles. The van der Waals surface area contributed by atoms with E-state index < -0.39 is 0 Å². The lowest BCUT2D eigenvalue weighted by atomic mass is 9.93. The molecule has 9 heteroatoms. The molecule has 0 unspecified atom stereocenters. The summed E-state index contributed by atoms with van der Waals surface area (Å²) in [7, 11) is 0. The van der Waals surface area contributed by atoms with E-state index in [1.165, 1.54) is 10.7 Å². The van der Waals surface area contributed by atoms with Gasteiger partial charge < -0.3 is 9.80 Å². The third-order valence-corrected chi connectivity index (χ3v) is 5.65. The predicted octanol–water partition coefficient (Wildman–Crippen LogP) is 1.85. The van der Waals surface area contributed by atoms with E-state index >= 15 is 0 Å². The molecule has 0 bridgehead atoms. The lowest BCUT2D eigenvalue weighted by Crippen LogP contribution is -2.44. The molecule has 0 radical (unpaired) electrons. The van der Waals surface area contributed by atoms with E-state index in [0.717, 1.165) is 55.8 Å². The van der Waals surface area contributed by atoms with Crippen molar-refractivity contribution < 1.29 is 9.18 Å². The first-order valence-corrected chi connectivity index (χ1v) is 9.59. The Morgan fingerprint density at radius 1 is 1.11 bits per heavy atom. The van der Waals surface area contributed by atoms with Crippen LogP contribution in [0.1, 0.15) is 24.8 Å². The molecule has 2 aliphatic rings. The molecule has 0 N–H and O–H groups in total. The molecule has 8 nitrogen and oxygen atoms in total. The number of carbonyl (C=O) groups excluding carboxylic acids is 1. The van der Waals surface area contributed by atoms with Crippen LogP contribution >= 0.6 is 0 Å². The number of fused-ring (bicyclic) bond motifs is 2. The molecule has 0 spiro atoms. The molecule has 1 fully saturated rings.